The molecule has 35 heavy (non-hydrogen) atoms. The topological polar surface area (TPSA) is 41.7 Å². The van der Waals surface area contributed by atoms with E-state index in [4.69, 9.17) is 9.26 Å². The van der Waals surface area contributed by atoms with E-state index in [0.29, 0.717) is 12.1 Å². The smallest absolute Gasteiger partial charge is 0.272 e. The molecule has 11 heteroatoms. The SMILES string of the molecule is C=C1N(c2noc3cc(OCC)c(F)c(-c4c(F)cc(F)cc4F)c23)CC[C@H]2N1CC(C)C2(F)F. The highest BCUT2D eigenvalue weighted by atomic mass is 19.3. The predicted molar refractivity (Wildman–Crippen MR) is 116 cm³/mol. The Morgan fingerprint density at radius 2 is 1.83 bits per heavy atom. The Balaban J connectivity index is 1.71. The van der Waals surface area contributed by atoms with Crippen LogP contribution in [0.5, 0.6) is 5.75 Å². The van der Waals surface area contributed by atoms with Crippen molar-refractivity contribution >= 4 is 16.8 Å². The minimum atomic E-state index is -2.93. The molecule has 2 saturated heterocycles. The Labute approximate surface area is 196 Å². The third kappa shape index (κ3) is 3.42. The van der Waals surface area contributed by atoms with Crippen molar-refractivity contribution in [2.75, 3.05) is 24.6 Å². The molecule has 186 valence electrons. The Hall–Kier alpha value is -3.37. The highest BCUT2D eigenvalue weighted by molar-refractivity contribution is 6.03. The lowest BCUT2D eigenvalue weighted by Crippen LogP contribution is -2.50. The second-order valence-corrected chi connectivity index (χ2v) is 8.72. The van der Waals surface area contributed by atoms with Gasteiger partial charge >= 0.3 is 0 Å². The molecule has 2 aromatic carbocycles. The largest absolute Gasteiger partial charge is 0.491 e. The zero-order valence-electron chi connectivity index (χ0n) is 18.8. The summed E-state index contributed by atoms with van der Waals surface area (Å²) in [6.07, 6.45) is 0.0405. The summed E-state index contributed by atoms with van der Waals surface area (Å²) in [7, 11) is 0. The van der Waals surface area contributed by atoms with E-state index < -0.39 is 52.3 Å². The first-order valence-electron chi connectivity index (χ1n) is 11.1. The number of aromatic nitrogens is 1. The highest BCUT2D eigenvalue weighted by Gasteiger charge is 2.56. The fourth-order valence-corrected chi connectivity index (χ4v) is 4.98. The van der Waals surface area contributed by atoms with Gasteiger partial charge in [-0.1, -0.05) is 18.7 Å². The number of halogens is 6. The molecule has 3 heterocycles. The molecule has 0 amide bonds. The average Bonchev–Trinajstić information content (AvgIpc) is 3.29. The zero-order chi connectivity index (χ0) is 25.2. The number of anilines is 1. The molecule has 0 spiro atoms. The molecule has 3 aromatic rings. The van der Waals surface area contributed by atoms with Crippen LogP contribution in [-0.2, 0) is 0 Å². The molecule has 1 aromatic heterocycles. The molecule has 2 fully saturated rings. The van der Waals surface area contributed by atoms with Gasteiger partial charge in [-0.2, -0.15) is 0 Å². The van der Waals surface area contributed by atoms with Gasteiger partial charge in [0.15, 0.2) is 23.0 Å². The summed E-state index contributed by atoms with van der Waals surface area (Å²) in [6, 6.07) is 0.993. The van der Waals surface area contributed by atoms with Gasteiger partial charge in [-0.3, -0.25) is 0 Å². The van der Waals surface area contributed by atoms with Gasteiger partial charge in [0.1, 0.15) is 23.3 Å². The van der Waals surface area contributed by atoms with Gasteiger partial charge in [0.05, 0.1) is 23.6 Å². The third-order valence-electron chi connectivity index (χ3n) is 6.68. The van der Waals surface area contributed by atoms with E-state index in [0.717, 1.165) is 0 Å². The second-order valence-electron chi connectivity index (χ2n) is 8.72. The lowest BCUT2D eigenvalue weighted by Gasteiger charge is -2.41. The molecular formula is C24H21F6N3O2. The third-order valence-corrected chi connectivity index (χ3v) is 6.68. The van der Waals surface area contributed by atoms with Crippen molar-refractivity contribution in [3.63, 3.8) is 0 Å². The monoisotopic (exact) mass is 497 g/mol. The van der Waals surface area contributed by atoms with Crippen LogP contribution in [0.25, 0.3) is 22.1 Å². The Morgan fingerprint density at radius 1 is 1.14 bits per heavy atom. The Kier molecular flexibility index (Phi) is 5.41. The van der Waals surface area contributed by atoms with Crippen LogP contribution in [0, 0.1) is 29.2 Å². The number of benzene rings is 2. The normalized spacial score (nSPS) is 21.7. The number of hydrogen-bond acceptors (Lipinski definition) is 5. The van der Waals surface area contributed by atoms with Crippen LogP contribution in [-0.4, -0.2) is 41.7 Å². The van der Waals surface area contributed by atoms with E-state index in [-0.39, 0.29) is 54.5 Å². The Morgan fingerprint density at radius 3 is 2.49 bits per heavy atom. The van der Waals surface area contributed by atoms with Crippen LogP contribution < -0.4 is 9.64 Å². The number of hydrogen-bond donors (Lipinski definition) is 0. The van der Waals surface area contributed by atoms with Gasteiger partial charge in [0, 0.05) is 42.8 Å². The standard InChI is InChI=1S/C24H21F6N3O2/c1-4-34-17-9-16-20(21(22(17)28)19-14(26)7-13(25)8-15(19)27)23(31-35-16)32-6-5-18-24(29,30)11(2)10-33(18)12(32)3/h7-9,11,18H,3-6,10H2,1-2H3/t11?,18-/m1/s1. The number of fused-ring (bicyclic) bond motifs is 2. The van der Waals surface area contributed by atoms with Gasteiger partial charge < -0.3 is 19.1 Å². The van der Waals surface area contributed by atoms with E-state index in [1.54, 1.807) is 6.92 Å². The lowest BCUT2D eigenvalue weighted by molar-refractivity contribution is -0.0605. The first-order chi connectivity index (χ1) is 16.6. The summed E-state index contributed by atoms with van der Waals surface area (Å²) in [5.41, 5.74) is -1.47. The summed E-state index contributed by atoms with van der Waals surface area (Å²) < 4.78 is 98.8. The molecule has 5 nitrogen and oxygen atoms in total. The minimum absolute atomic E-state index is 0.0343. The van der Waals surface area contributed by atoms with Crippen LogP contribution in [0.3, 0.4) is 0 Å². The maximum Gasteiger partial charge on any atom is 0.272 e. The molecule has 0 bridgehead atoms. The van der Waals surface area contributed by atoms with Crippen molar-refractivity contribution in [3.05, 3.63) is 53.9 Å². The quantitative estimate of drug-likeness (QED) is 0.409. The molecule has 2 aliphatic rings. The molecule has 0 saturated carbocycles. The molecule has 0 radical (unpaired) electrons. The zero-order valence-corrected chi connectivity index (χ0v) is 18.8. The van der Waals surface area contributed by atoms with Crippen molar-refractivity contribution in [2.45, 2.75) is 32.2 Å². The maximum atomic E-state index is 15.7. The van der Waals surface area contributed by atoms with E-state index in [1.807, 2.05) is 0 Å². The van der Waals surface area contributed by atoms with Gasteiger partial charge in [-0.15, -0.1) is 0 Å². The average molecular weight is 497 g/mol. The summed E-state index contributed by atoms with van der Waals surface area (Å²) in [5, 5.41) is 3.86. The summed E-state index contributed by atoms with van der Waals surface area (Å²) >= 11 is 0. The van der Waals surface area contributed by atoms with Gasteiger partial charge in [-0.05, 0) is 13.3 Å². The molecule has 0 aliphatic carbocycles. The van der Waals surface area contributed by atoms with Crippen LogP contribution >= 0.6 is 0 Å². The first-order valence-corrected chi connectivity index (χ1v) is 11.1. The number of alkyl halides is 2. The van der Waals surface area contributed by atoms with E-state index >= 15 is 4.39 Å². The van der Waals surface area contributed by atoms with Crippen molar-refractivity contribution in [1.29, 1.82) is 0 Å². The molecule has 0 N–H and O–H groups in total. The van der Waals surface area contributed by atoms with E-state index in [9.17, 15) is 22.0 Å². The second kappa shape index (κ2) is 8.10. The first kappa shape index (κ1) is 23.4. The number of nitrogens with zero attached hydrogens (tertiary/aromatic N) is 3. The fourth-order valence-electron chi connectivity index (χ4n) is 4.98. The van der Waals surface area contributed by atoms with Crippen LogP contribution in [0.2, 0.25) is 0 Å². The maximum absolute atomic E-state index is 15.7. The van der Waals surface area contributed by atoms with Crippen LogP contribution in [0.1, 0.15) is 20.3 Å². The number of rotatable bonds is 4. The van der Waals surface area contributed by atoms with Crippen molar-refractivity contribution in [2.24, 2.45) is 5.92 Å². The highest BCUT2D eigenvalue weighted by Crippen LogP contribution is 2.48. The summed E-state index contributed by atoms with van der Waals surface area (Å²) in [6.45, 7) is 7.10. The summed E-state index contributed by atoms with van der Waals surface area (Å²) in [4.78, 5) is 2.91. The number of ether oxygens (including phenoxy) is 1. The van der Waals surface area contributed by atoms with Crippen molar-refractivity contribution < 1.29 is 35.6 Å². The van der Waals surface area contributed by atoms with Crippen LogP contribution in [0.15, 0.2) is 35.1 Å². The van der Waals surface area contributed by atoms with E-state index in [1.165, 1.54) is 22.8 Å². The molecule has 5 rings (SSSR count). The predicted octanol–water partition coefficient (Wildman–Crippen LogP) is 6.09. The van der Waals surface area contributed by atoms with Gasteiger partial charge in [-0.25, -0.2) is 26.3 Å². The molecular weight excluding hydrogens is 476 g/mol. The van der Waals surface area contributed by atoms with Gasteiger partial charge in [0.25, 0.3) is 5.92 Å². The van der Waals surface area contributed by atoms with Crippen molar-refractivity contribution in [1.82, 2.24) is 10.1 Å². The minimum Gasteiger partial charge on any atom is -0.491 e. The molecule has 2 aliphatic heterocycles. The van der Waals surface area contributed by atoms with Gasteiger partial charge in [0.2, 0.25) is 0 Å². The van der Waals surface area contributed by atoms with Crippen LogP contribution in [0.4, 0.5) is 32.2 Å². The lowest BCUT2D eigenvalue weighted by atomic mass is 9.97. The molecule has 1 unspecified atom stereocenters. The Bertz CT molecular complexity index is 1320. The fraction of sp³-hybridized carbons (Fsp3) is 0.375. The summed E-state index contributed by atoms with van der Waals surface area (Å²) in [5.74, 6) is -9.00. The molecule has 2 atom stereocenters. The van der Waals surface area contributed by atoms with E-state index in [2.05, 4.69) is 11.7 Å². The van der Waals surface area contributed by atoms with Crippen molar-refractivity contribution in [3.8, 4) is 16.9 Å².